The first-order valence-electron chi connectivity index (χ1n) is 8.39. The molecule has 2 bridgehead atoms. The van der Waals surface area contributed by atoms with Crippen molar-refractivity contribution < 1.29 is 9.53 Å². The lowest BCUT2D eigenvalue weighted by Gasteiger charge is -2.54. The molecule has 0 spiro atoms. The second-order valence-corrected chi connectivity index (χ2v) is 7.61. The van der Waals surface area contributed by atoms with Gasteiger partial charge in [-0.05, 0) is 49.9 Å². The fourth-order valence-corrected chi connectivity index (χ4v) is 5.04. The summed E-state index contributed by atoms with van der Waals surface area (Å²) in [5, 5.41) is 11.9. The number of carbonyl (C=O) groups excluding carboxylic acids is 1. The van der Waals surface area contributed by atoms with Crippen LogP contribution in [-0.2, 0) is 9.53 Å². The van der Waals surface area contributed by atoms with Crippen molar-refractivity contribution in [2.45, 2.75) is 18.9 Å². The van der Waals surface area contributed by atoms with Gasteiger partial charge in [-0.2, -0.15) is 0 Å². The van der Waals surface area contributed by atoms with E-state index in [1.54, 1.807) is 18.7 Å². The van der Waals surface area contributed by atoms with Crippen molar-refractivity contribution in [2.24, 2.45) is 17.3 Å². The van der Waals surface area contributed by atoms with Crippen LogP contribution in [0.15, 0.2) is 22.9 Å². The minimum Gasteiger partial charge on any atom is -0.759 e. The lowest BCUT2D eigenvalue weighted by molar-refractivity contribution is -0.144. The Morgan fingerprint density at radius 3 is 2.58 bits per heavy atom. The molecule has 3 unspecified atom stereocenters. The number of hydrogen-bond acceptors (Lipinski definition) is 5. The van der Waals surface area contributed by atoms with Crippen molar-refractivity contribution in [3.8, 4) is 0 Å². The molecule has 0 aromatic rings. The highest BCUT2D eigenvalue weighted by Crippen LogP contribution is 2.50. The number of likely N-dealkylation sites (N-methyl/N-ethyl adjacent to an activating group) is 1. The highest BCUT2D eigenvalue weighted by Gasteiger charge is 2.56. The van der Waals surface area contributed by atoms with Gasteiger partial charge in [0.05, 0.1) is 16.8 Å². The Morgan fingerprint density at radius 2 is 2.12 bits per heavy atom. The molecule has 1 amide bonds. The van der Waals surface area contributed by atoms with Gasteiger partial charge >= 0.3 is 0 Å². The third kappa shape index (κ3) is 2.65. The molecular formula is C17H25ClN3O3-. The summed E-state index contributed by atoms with van der Waals surface area (Å²) < 4.78 is 5.70. The van der Waals surface area contributed by atoms with Crippen LogP contribution in [0.25, 0.3) is 0 Å². The van der Waals surface area contributed by atoms with Crippen LogP contribution >= 0.6 is 11.6 Å². The predicted octanol–water partition coefficient (Wildman–Crippen LogP) is 1.53. The Labute approximate surface area is 148 Å². The highest BCUT2D eigenvalue weighted by atomic mass is 35.5. The van der Waals surface area contributed by atoms with Gasteiger partial charge in [-0.3, -0.25) is 4.79 Å². The van der Waals surface area contributed by atoms with E-state index in [1.165, 1.54) is 0 Å². The Bertz CT molecular complexity index is 569. The Kier molecular flexibility index (Phi) is 4.93. The van der Waals surface area contributed by atoms with E-state index >= 15 is 0 Å². The number of methoxy groups -OCH3 is 1. The number of hydrogen-bond donors (Lipinski definition) is 1. The lowest BCUT2D eigenvalue weighted by Crippen LogP contribution is -2.61. The molecule has 0 aromatic carbocycles. The zero-order valence-corrected chi connectivity index (χ0v) is 15.2. The second-order valence-electron chi connectivity index (χ2n) is 7.20. The molecule has 0 radical (unpaired) electrons. The minimum atomic E-state index is -1.06. The number of fused-ring (bicyclic) bond motifs is 3. The van der Waals surface area contributed by atoms with Crippen LogP contribution in [0.3, 0.4) is 0 Å². The summed E-state index contributed by atoms with van der Waals surface area (Å²) >= 11 is 6.51. The number of rotatable bonds is 4. The minimum absolute atomic E-state index is 0.0209. The summed E-state index contributed by atoms with van der Waals surface area (Å²) in [6.45, 7) is 2.91. The van der Waals surface area contributed by atoms with Crippen LogP contribution in [0.5, 0.6) is 0 Å². The van der Waals surface area contributed by atoms with E-state index in [1.807, 2.05) is 25.1 Å². The molecule has 4 aliphatic rings. The molecule has 0 aromatic heterocycles. The highest BCUT2D eigenvalue weighted by molar-refractivity contribution is 6.32. The molecule has 134 valence electrons. The number of nitrogens with one attached hydrogen (secondary N) is 1. The van der Waals surface area contributed by atoms with Crippen LogP contribution in [-0.4, -0.2) is 62.7 Å². The fourth-order valence-electron chi connectivity index (χ4n) is 4.63. The third-order valence-electron chi connectivity index (χ3n) is 5.88. The molecule has 6 nitrogen and oxygen atoms in total. The number of ether oxygens (including phenoxy) is 1. The lowest BCUT2D eigenvalue weighted by atomic mass is 9.59. The van der Waals surface area contributed by atoms with Crippen LogP contribution in [0, 0.1) is 22.5 Å². The number of allylic oxidation sites excluding steroid dienone is 1. The maximum atomic E-state index is 12.8. The molecule has 0 saturated carbocycles. The van der Waals surface area contributed by atoms with Crippen molar-refractivity contribution >= 4 is 17.5 Å². The number of hydroxylamine groups is 1. The quantitative estimate of drug-likeness (QED) is 0.775. The maximum Gasteiger partial charge on any atom is 0.222 e. The van der Waals surface area contributed by atoms with Gasteiger partial charge in [0, 0.05) is 27.7 Å². The van der Waals surface area contributed by atoms with Gasteiger partial charge in [-0.1, -0.05) is 11.6 Å². The molecule has 3 heterocycles. The molecule has 3 saturated heterocycles. The smallest absolute Gasteiger partial charge is 0.222 e. The second kappa shape index (κ2) is 6.67. The van der Waals surface area contributed by atoms with Gasteiger partial charge < -0.3 is 25.2 Å². The Balaban J connectivity index is 2.08. The molecule has 1 aliphatic carbocycles. The van der Waals surface area contributed by atoms with E-state index in [4.69, 9.17) is 16.3 Å². The van der Waals surface area contributed by atoms with Gasteiger partial charge in [0.1, 0.15) is 5.41 Å². The predicted molar refractivity (Wildman–Crippen MR) is 93.1 cm³/mol. The molecular weight excluding hydrogens is 330 g/mol. The molecule has 3 aliphatic heterocycles. The number of halogens is 1. The van der Waals surface area contributed by atoms with E-state index in [9.17, 15) is 10.0 Å². The van der Waals surface area contributed by atoms with Crippen molar-refractivity contribution in [3.05, 3.63) is 28.1 Å². The maximum absolute atomic E-state index is 12.8. The van der Waals surface area contributed by atoms with Crippen molar-refractivity contribution in [1.29, 1.82) is 0 Å². The summed E-state index contributed by atoms with van der Waals surface area (Å²) in [5.41, 5.74) is 1.37. The van der Waals surface area contributed by atoms with Crippen molar-refractivity contribution in [1.82, 2.24) is 15.3 Å². The van der Waals surface area contributed by atoms with E-state index in [2.05, 4.69) is 4.90 Å². The Hall–Kier alpha value is -1.08. The van der Waals surface area contributed by atoms with Crippen LogP contribution in [0.2, 0.25) is 0 Å². The van der Waals surface area contributed by atoms with Crippen LogP contribution in [0.4, 0.5) is 0 Å². The number of piperidine rings is 3. The summed E-state index contributed by atoms with van der Waals surface area (Å²) in [6, 6.07) is 0. The molecule has 4 rings (SSSR count). The van der Waals surface area contributed by atoms with E-state index in [-0.39, 0.29) is 5.92 Å². The standard InChI is InChI=1S/C17H25ClN3O3/c1-20(2)14-8-15(24-3)17(9-13(14)18,16(22)19-23)12-10-21-6-4-11(12)5-7-21/h8-9,11-12,15H,4-7,10H2,1-3H3,(H-,19,22,23)/q-1. The van der Waals surface area contributed by atoms with E-state index in [0.29, 0.717) is 11.0 Å². The molecule has 3 atom stereocenters. The average molecular weight is 355 g/mol. The summed E-state index contributed by atoms with van der Waals surface area (Å²) in [7, 11) is 5.36. The third-order valence-corrected chi connectivity index (χ3v) is 6.18. The van der Waals surface area contributed by atoms with Gasteiger partial charge in [0.25, 0.3) is 0 Å². The summed E-state index contributed by atoms with van der Waals surface area (Å²) in [4.78, 5) is 17.0. The summed E-state index contributed by atoms with van der Waals surface area (Å²) in [6.07, 6.45) is 5.21. The van der Waals surface area contributed by atoms with Crippen LogP contribution < -0.4 is 5.48 Å². The Morgan fingerprint density at radius 1 is 1.46 bits per heavy atom. The molecule has 7 heteroatoms. The molecule has 3 fully saturated rings. The largest absolute Gasteiger partial charge is 0.759 e. The molecule has 24 heavy (non-hydrogen) atoms. The van der Waals surface area contributed by atoms with Gasteiger partial charge in [-0.15, -0.1) is 0 Å². The number of amides is 1. The topological polar surface area (TPSA) is 67.9 Å². The van der Waals surface area contributed by atoms with Gasteiger partial charge in [0.15, 0.2) is 0 Å². The first-order valence-corrected chi connectivity index (χ1v) is 8.77. The monoisotopic (exact) mass is 354 g/mol. The molecule has 1 N–H and O–H groups in total. The zero-order chi connectivity index (χ0) is 17.5. The zero-order valence-electron chi connectivity index (χ0n) is 14.4. The summed E-state index contributed by atoms with van der Waals surface area (Å²) in [5.74, 6) is -0.132. The van der Waals surface area contributed by atoms with Gasteiger partial charge in [-0.25, -0.2) is 0 Å². The fraction of sp³-hybridized carbons (Fsp3) is 0.706. The van der Waals surface area contributed by atoms with Crippen molar-refractivity contribution in [2.75, 3.05) is 40.8 Å². The number of nitrogens with zero attached hydrogens (tertiary/aromatic N) is 2. The average Bonchev–Trinajstić information content (AvgIpc) is 2.61. The first-order chi connectivity index (χ1) is 11.4. The SMILES string of the molecule is COC1C=C(N(C)C)C(Cl)=CC1(C(=O)N[O-])C1CN2CCC1CC2. The van der Waals surface area contributed by atoms with E-state index < -0.39 is 17.4 Å². The van der Waals surface area contributed by atoms with E-state index in [0.717, 1.165) is 38.2 Å². The first kappa shape index (κ1) is 17.7. The normalized spacial score (nSPS) is 38.4. The number of carbonyl (C=O) groups is 1. The van der Waals surface area contributed by atoms with Crippen molar-refractivity contribution in [3.63, 3.8) is 0 Å². The van der Waals surface area contributed by atoms with Crippen LogP contribution in [0.1, 0.15) is 12.8 Å². The van der Waals surface area contributed by atoms with Gasteiger partial charge in [0.2, 0.25) is 5.91 Å².